The standard InChI is InChI=1S/C51H92NO10P/c1-3-5-7-9-11-13-15-17-19-21-23-24-25-27-29-31-33-35-37-39-41-43-50(54)62-47(45-60-63(57,58)61-46-48(52)51(55)56)44-59-49(53)42-40-38-36-34-32-30-28-26-22-20-18-16-14-12-10-8-6-4-2/h19,21,24-25,29,31,35,37,47-48H,3-18,20,22-23,26-28,30,32-34,36,38-46,52H2,1-2H3,(H,55,56)(H,57,58)/b21-19+,25-24+,31-29+,37-35+/t47-,48+/m1/s1. The van der Waals surface area contributed by atoms with Crippen molar-refractivity contribution < 1.29 is 47.5 Å². The molecule has 0 heterocycles. The van der Waals surface area contributed by atoms with Gasteiger partial charge in [0.25, 0.3) is 0 Å². The van der Waals surface area contributed by atoms with Crippen LogP contribution >= 0.6 is 7.82 Å². The first-order chi connectivity index (χ1) is 30.6. The summed E-state index contributed by atoms with van der Waals surface area (Å²) in [6.45, 7) is 2.78. The summed E-state index contributed by atoms with van der Waals surface area (Å²) >= 11 is 0. The quantitative estimate of drug-likeness (QED) is 0.0230. The monoisotopic (exact) mass is 910 g/mol. The number of carbonyl (C=O) groups excluding carboxylic acids is 2. The number of hydrogen-bond donors (Lipinski definition) is 3. The summed E-state index contributed by atoms with van der Waals surface area (Å²) in [4.78, 5) is 46.1. The fourth-order valence-corrected chi connectivity index (χ4v) is 7.66. The zero-order valence-electron chi connectivity index (χ0n) is 39.9. The number of phosphoric ester groups is 1. The number of aliphatic carboxylic acids is 1. The van der Waals surface area contributed by atoms with Crippen molar-refractivity contribution >= 4 is 25.7 Å². The molecule has 0 bridgehead atoms. The number of unbranched alkanes of at least 4 members (excludes halogenated alkanes) is 25. The van der Waals surface area contributed by atoms with Gasteiger partial charge >= 0.3 is 25.7 Å². The molecule has 0 saturated heterocycles. The summed E-state index contributed by atoms with van der Waals surface area (Å²) in [6.07, 6.45) is 53.3. The van der Waals surface area contributed by atoms with Crippen molar-refractivity contribution in [1.29, 1.82) is 0 Å². The van der Waals surface area contributed by atoms with Crippen LogP contribution in [0.25, 0.3) is 0 Å². The van der Waals surface area contributed by atoms with E-state index in [4.69, 9.17) is 24.8 Å². The van der Waals surface area contributed by atoms with Crippen molar-refractivity contribution in [3.05, 3.63) is 48.6 Å². The number of phosphoric acid groups is 1. The van der Waals surface area contributed by atoms with Crippen molar-refractivity contribution in [3.8, 4) is 0 Å². The highest BCUT2D eigenvalue weighted by Gasteiger charge is 2.28. The molecule has 0 aliphatic heterocycles. The molecule has 0 aromatic heterocycles. The maximum atomic E-state index is 12.7. The van der Waals surface area contributed by atoms with Crippen LogP contribution in [0.4, 0.5) is 0 Å². The summed E-state index contributed by atoms with van der Waals surface area (Å²) < 4.78 is 32.8. The van der Waals surface area contributed by atoms with E-state index in [1.165, 1.54) is 141 Å². The number of nitrogens with two attached hydrogens (primary N) is 1. The molecular formula is C51H92NO10P. The third-order valence-corrected chi connectivity index (χ3v) is 11.8. The van der Waals surface area contributed by atoms with Gasteiger partial charge in [0.15, 0.2) is 6.10 Å². The Morgan fingerprint density at radius 3 is 1.30 bits per heavy atom. The fraction of sp³-hybridized carbons (Fsp3) is 0.784. The van der Waals surface area contributed by atoms with Crippen LogP contribution in [0.2, 0.25) is 0 Å². The van der Waals surface area contributed by atoms with Gasteiger partial charge in [-0.25, -0.2) is 4.57 Å². The third-order valence-electron chi connectivity index (χ3n) is 10.8. The lowest BCUT2D eigenvalue weighted by Gasteiger charge is -2.20. The van der Waals surface area contributed by atoms with E-state index in [9.17, 15) is 23.8 Å². The van der Waals surface area contributed by atoms with Crippen LogP contribution in [-0.2, 0) is 37.5 Å². The first-order valence-corrected chi connectivity index (χ1v) is 26.7. The minimum Gasteiger partial charge on any atom is -0.480 e. The lowest BCUT2D eigenvalue weighted by Crippen LogP contribution is -2.34. The van der Waals surface area contributed by atoms with Gasteiger partial charge in [-0.3, -0.25) is 23.4 Å². The van der Waals surface area contributed by atoms with E-state index in [-0.39, 0.29) is 19.4 Å². The van der Waals surface area contributed by atoms with E-state index in [0.29, 0.717) is 19.3 Å². The highest BCUT2D eigenvalue weighted by atomic mass is 31.2. The Labute approximate surface area is 384 Å². The van der Waals surface area contributed by atoms with E-state index < -0.39 is 51.1 Å². The normalized spacial score (nSPS) is 14.0. The molecule has 0 aromatic rings. The van der Waals surface area contributed by atoms with E-state index in [1.807, 2.05) is 12.2 Å². The first-order valence-electron chi connectivity index (χ1n) is 25.2. The Bertz CT molecular complexity index is 1250. The topological polar surface area (TPSA) is 172 Å². The van der Waals surface area contributed by atoms with E-state index >= 15 is 0 Å². The minimum atomic E-state index is -4.74. The molecule has 366 valence electrons. The van der Waals surface area contributed by atoms with Crippen molar-refractivity contribution in [2.45, 2.75) is 238 Å². The predicted molar refractivity (Wildman–Crippen MR) is 258 cm³/mol. The van der Waals surface area contributed by atoms with Crippen LogP contribution in [0.1, 0.15) is 226 Å². The molecule has 0 fully saturated rings. The van der Waals surface area contributed by atoms with Gasteiger partial charge in [-0.15, -0.1) is 0 Å². The number of ether oxygens (including phenoxy) is 2. The van der Waals surface area contributed by atoms with Crippen LogP contribution in [0.5, 0.6) is 0 Å². The highest BCUT2D eigenvalue weighted by Crippen LogP contribution is 2.43. The molecule has 0 aromatic carbocycles. The number of allylic oxidation sites excluding steroid dienone is 8. The Balaban J connectivity index is 4.36. The second-order valence-electron chi connectivity index (χ2n) is 17.0. The Kier molecular flexibility index (Phi) is 44.1. The molecule has 3 atom stereocenters. The molecule has 0 spiro atoms. The Hall–Kier alpha value is -2.56. The van der Waals surface area contributed by atoms with Crippen molar-refractivity contribution in [2.24, 2.45) is 5.73 Å². The molecule has 0 aliphatic rings. The van der Waals surface area contributed by atoms with Gasteiger partial charge in [0, 0.05) is 12.8 Å². The van der Waals surface area contributed by atoms with Crippen molar-refractivity contribution in [1.82, 2.24) is 0 Å². The molecule has 4 N–H and O–H groups in total. The van der Waals surface area contributed by atoms with Gasteiger partial charge < -0.3 is 25.2 Å². The Morgan fingerprint density at radius 1 is 0.492 bits per heavy atom. The smallest absolute Gasteiger partial charge is 0.472 e. The maximum Gasteiger partial charge on any atom is 0.472 e. The second-order valence-corrected chi connectivity index (χ2v) is 18.4. The lowest BCUT2D eigenvalue weighted by atomic mass is 10.0. The predicted octanol–water partition coefficient (Wildman–Crippen LogP) is 14.1. The van der Waals surface area contributed by atoms with Gasteiger partial charge in [0.05, 0.1) is 13.2 Å². The number of carbonyl (C=O) groups is 3. The fourth-order valence-electron chi connectivity index (χ4n) is 6.88. The van der Waals surface area contributed by atoms with Gasteiger partial charge in [0.1, 0.15) is 12.6 Å². The number of carboxylic acid groups (broad SMARTS) is 1. The van der Waals surface area contributed by atoms with E-state index in [0.717, 1.165) is 38.5 Å². The van der Waals surface area contributed by atoms with Gasteiger partial charge in [-0.05, 0) is 51.4 Å². The molecule has 12 heteroatoms. The average molecular weight is 910 g/mol. The molecule has 0 rings (SSSR count). The first kappa shape index (κ1) is 60.4. The molecular weight excluding hydrogens is 818 g/mol. The SMILES string of the molecule is CCCCCCCCC/C=C/C/C=C/C/C=C/C/C=C/CCCC(=O)O[C@H](COC(=O)CCCCCCCCCCCCCCCCCCCC)COP(=O)(O)OC[C@H](N)C(=O)O. The molecule has 11 nitrogen and oxygen atoms in total. The van der Waals surface area contributed by atoms with Crippen LogP contribution < -0.4 is 5.73 Å². The summed E-state index contributed by atoms with van der Waals surface area (Å²) in [7, 11) is -4.74. The summed E-state index contributed by atoms with van der Waals surface area (Å²) in [5, 5.41) is 8.91. The van der Waals surface area contributed by atoms with E-state index in [2.05, 4.69) is 54.8 Å². The molecule has 63 heavy (non-hydrogen) atoms. The number of hydrogen-bond acceptors (Lipinski definition) is 9. The van der Waals surface area contributed by atoms with Gasteiger partial charge in [-0.1, -0.05) is 210 Å². The summed E-state index contributed by atoms with van der Waals surface area (Å²) in [5.41, 5.74) is 5.34. The van der Waals surface area contributed by atoms with Crippen molar-refractivity contribution in [3.63, 3.8) is 0 Å². The minimum absolute atomic E-state index is 0.0863. The maximum absolute atomic E-state index is 12.7. The van der Waals surface area contributed by atoms with Crippen LogP contribution in [-0.4, -0.2) is 59.9 Å². The number of rotatable bonds is 47. The summed E-state index contributed by atoms with van der Waals surface area (Å²) in [6, 6.07) is -1.53. The van der Waals surface area contributed by atoms with Gasteiger partial charge in [-0.2, -0.15) is 0 Å². The average Bonchev–Trinajstić information content (AvgIpc) is 3.26. The highest BCUT2D eigenvalue weighted by molar-refractivity contribution is 7.47. The number of carboxylic acids is 1. The van der Waals surface area contributed by atoms with Crippen LogP contribution in [0.3, 0.4) is 0 Å². The summed E-state index contributed by atoms with van der Waals surface area (Å²) in [5.74, 6) is -2.44. The molecule has 1 unspecified atom stereocenters. The van der Waals surface area contributed by atoms with Crippen LogP contribution in [0.15, 0.2) is 48.6 Å². The van der Waals surface area contributed by atoms with Crippen molar-refractivity contribution in [2.75, 3.05) is 19.8 Å². The molecule has 0 aliphatic carbocycles. The lowest BCUT2D eigenvalue weighted by molar-refractivity contribution is -0.161. The third kappa shape index (κ3) is 45.8. The zero-order valence-corrected chi connectivity index (χ0v) is 40.8. The Morgan fingerprint density at radius 2 is 0.857 bits per heavy atom. The molecule has 0 amide bonds. The number of esters is 2. The molecule has 0 saturated carbocycles. The zero-order chi connectivity index (χ0) is 46.3. The molecule has 0 radical (unpaired) electrons. The van der Waals surface area contributed by atoms with Crippen LogP contribution in [0, 0.1) is 0 Å². The van der Waals surface area contributed by atoms with E-state index in [1.54, 1.807) is 0 Å². The largest absolute Gasteiger partial charge is 0.480 e. The van der Waals surface area contributed by atoms with Gasteiger partial charge in [0.2, 0.25) is 0 Å². The second kappa shape index (κ2) is 46.0.